The predicted octanol–water partition coefficient (Wildman–Crippen LogP) is 2.41. The normalized spacial score (nSPS) is 16.2. The topological polar surface area (TPSA) is 52.6 Å². The molecule has 1 amide bonds. The second-order valence-corrected chi connectivity index (χ2v) is 5.39. The Labute approximate surface area is 120 Å². The SMILES string of the molecule is CCN(CC)CC(O)c1ccc(NC(=O)C2CC2)cc1. The molecule has 110 valence electrons. The van der Waals surface area contributed by atoms with Crippen LogP contribution in [0.4, 0.5) is 5.69 Å². The summed E-state index contributed by atoms with van der Waals surface area (Å²) in [6, 6.07) is 7.50. The largest absolute Gasteiger partial charge is 0.387 e. The van der Waals surface area contributed by atoms with Gasteiger partial charge in [0.1, 0.15) is 0 Å². The first-order valence-corrected chi connectivity index (χ1v) is 7.45. The minimum atomic E-state index is -0.483. The number of benzene rings is 1. The van der Waals surface area contributed by atoms with Crippen molar-refractivity contribution >= 4 is 11.6 Å². The lowest BCUT2D eigenvalue weighted by molar-refractivity contribution is -0.117. The molecule has 1 aromatic carbocycles. The van der Waals surface area contributed by atoms with Crippen molar-refractivity contribution in [2.75, 3.05) is 25.0 Å². The van der Waals surface area contributed by atoms with Crippen LogP contribution in [-0.2, 0) is 4.79 Å². The molecule has 1 saturated carbocycles. The zero-order valence-electron chi connectivity index (χ0n) is 12.3. The van der Waals surface area contributed by atoms with Crippen molar-refractivity contribution in [3.8, 4) is 0 Å². The van der Waals surface area contributed by atoms with Crippen molar-refractivity contribution in [3.63, 3.8) is 0 Å². The fourth-order valence-electron chi connectivity index (χ4n) is 2.21. The molecule has 2 rings (SSSR count). The highest BCUT2D eigenvalue weighted by Crippen LogP contribution is 2.30. The Kier molecular flexibility index (Phi) is 5.15. The molecule has 0 aliphatic heterocycles. The predicted molar refractivity (Wildman–Crippen MR) is 80.5 cm³/mol. The van der Waals surface area contributed by atoms with Crippen LogP contribution in [0.1, 0.15) is 38.4 Å². The van der Waals surface area contributed by atoms with E-state index in [4.69, 9.17) is 0 Å². The van der Waals surface area contributed by atoms with E-state index in [1.165, 1.54) is 0 Å². The second kappa shape index (κ2) is 6.86. The van der Waals surface area contributed by atoms with Gasteiger partial charge >= 0.3 is 0 Å². The first-order valence-electron chi connectivity index (χ1n) is 7.45. The van der Waals surface area contributed by atoms with Crippen LogP contribution in [0.25, 0.3) is 0 Å². The van der Waals surface area contributed by atoms with Crippen LogP contribution in [0.5, 0.6) is 0 Å². The van der Waals surface area contributed by atoms with Gasteiger partial charge in [-0.15, -0.1) is 0 Å². The molecule has 4 nitrogen and oxygen atoms in total. The Morgan fingerprint density at radius 1 is 1.30 bits per heavy atom. The molecule has 0 bridgehead atoms. The van der Waals surface area contributed by atoms with E-state index in [-0.39, 0.29) is 11.8 Å². The van der Waals surface area contributed by atoms with E-state index in [2.05, 4.69) is 24.1 Å². The molecular formula is C16H24N2O2. The van der Waals surface area contributed by atoms with Gasteiger partial charge in [-0.2, -0.15) is 0 Å². The molecule has 0 aromatic heterocycles. The Hall–Kier alpha value is -1.39. The Balaban J connectivity index is 1.91. The number of carbonyl (C=O) groups excluding carboxylic acids is 1. The van der Waals surface area contributed by atoms with Gasteiger partial charge in [-0.05, 0) is 43.6 Å². The van der Waals surface area contributed by atoms with Gasteiger partial charge in [-0.25, -0.2) is 0 Å². The number of aliphatic hydroxyl groups is 1. The molecule has 1 aromatic rings. The second-order valence-electron chi connectivity index (χ2n) is 5.39. The summed E-state index contributed by atoms with van der Waals surface area (Å²) in [7, 11) is 0. The lowest BCUT2D eigenvalue weighted by Gasteiger charge is -2.22. The molecule has 0 radical (unpaired) electrons. The van der Waals surface area contributed by atoms with E-state index < -0.39 is 6.10 Å². The van der Waals surface area contributed by atoms with E-state index in [9.17, 15) is 9.90 Å². The van der Waals surface area contributed by atoms with Crippen molar-refractivity contribution in [2.24, 2.45) is 5.92 Å². The van der Waals surface area contributed by atoms with E-state index in [0.29, 0.717) is 6.54 Å². The number of amides is 1. The van der Waals surface area contributed by atoms with Gasteiger partial charge in [0.05, 0.1) is 6.10 Å². The van der Waals surface area contributed by atoms with Gasteiger partial charge < -0.3 is 15.3 Å². The van der Waals surface area contributed by atoms with Crippen molar-refractivity contribution in [1.82, 2.24) is 4.90 Å². The molecule has 1 unspecified atom stereocenters. The summed E-state index contributed by atoms with van der Waals surface area (Å²) in [6.07, 6.45) is 1.53. The molecule has 2 N–H and O–H groups in total. The van der Waals surface area contributed by atoms with E-state index in [1.54, 1.807) is 0 Å². The quantitative estimate of drug-likeness (QED) is 0.804. The summed E-state index contributed by atoms with van der Waals surface area (Å²) in [4.78, 5) is 13.8. The van der Waals surface area contributed by atoms with Crippen LogP contribution in [0, 0.1) is 5.92 Å². The maximum atomic E-state index is 11.6. The minimum absolute atomic E-state index is 0.112. The van der Waals surface area contributed by atoms with E-state index in [1.807, 2.05) is 24.3 Å². The minimum Gasteiger partial charge on any atom is -0.387 e. The first-order chi connectivity index (χ1) is 9.63. The summed E-state index contributed by atoms with van der Waals surface area (Å²) in [5.74, 6) is 0.323. The van der Waals surface area contributed by atoms with Gasteiger partial charge in [0, 0.05) is 18.2 Å². The van der Waals surface area contributed by atoms with E-state index in [0.717, 1.165) is 37.2 Å². The number of carbonyl (C=O) groups is 1. The lowest BCUT2D eigenvalue weighted by atomic mass is 10.1. The van der Waals surface area contributed by atoms with Crippen molar-refractivity contribution in [2.45, 2.75) is 32.8 Å². The monoisotopic (exact) mass is 276 g/mol. The summed E-state index contributed by atoms with van der Waals surface area (Å²) in [5.41, 5.74) is 1.70. The van der Waals surface area contributed by atoms with E-state index >= 15 is 0 Å². The van der Waals surface area contributed by atoms with Crippen molar-refractivity contribution in [3.05, 3.63) is 29.8 Å². The number of anilines is 1. The maximum Gasteiger partial charge on any atom is 0.227 e. The molecule has 0 heterocycles. The summed E-state index contributed by atoms with van der Waals surface area (Å²) in [6.45, 7) is 6.69. The molecule has 1 aliphatic carbocycles. The number of hydrogen-bond acceptors (Lipinski definition) is 3. The lowest BCUT2D eigenvalue weighted by Crippen LogP contribution is -2.28. The maximum absolute atomic E-state index is 11.6. The fraction of sp³-hybridized carbons (Fsp3) is 0.562. The highest BCUT2D eigenvalue weighted by molar-refractivity contribution is 5.93. The number of nitrogens with one attached hydrogen (secondary N) is 1. The van der Waals surface area contributed by atoms with Crippen LogP contribution in [0.2, 0.25) is 0 Å². The molecule has 20 heavy (non-hydrogen) atoms. The molecular weight excluding hydrogens is 252 g/mol. The summed E-state index contributed by atoms with van der Waals surface area (Å²) < 4.78 is 0. The van der Waals surface area contributed by atoms with Crippen LogP contribution in [0.15, 0.2) is 24.3 Å². The molecule has 1 atom stereocenters. The molecule has 0 spiro atoms. The zero-order chi connectivity index (χ0) is 14.5. The molecule has 1 fully saturated rings. The van der Waals surface area contributed by atoms with Crippen LogP contribution in [0.3, 0.4) is 0 Å². The van der Waals surface area contributed by atoms with Gasteiger partial charge in [0.15, 0.2) is 0 Å². The number of hydrogen-bond donors (Lipinski definition) is 2. The Morgan fingerprint density at radius 2 is 1.90 bits per heavy atom. The van der Waals surface area contributed by atoms with Crippen LogP contribution < -0.4 is 5.32 Å². The van der Waals surface area contributed by atoms with Gasteiger partial charge in [-0.3, -0.25) is 4.79 Å². The number of rotatable bonds is 7. The van der Waals surface area contributed by atoms with Gasteiger partial charge in [-0.1, -0.05) is 26.0 Å². The third kappa shape index (κ3) is 4.05. The van der Waals surface area contributed by atoms with Gasteiger partial charge in [0.25, 0.3) is 0 Å². The standard InChI is InChI=1S/C16H24N2O2/c1-3-18(4-2)11-15(19)12-7-9-14(10-8-12)17-16(20)13-5-6-13/h7-10,13,15,19H,3-6,11H2,1-2H3,(H,17,20). The van der Waals surface area contributed by atoms with Gasteiger partial charge in [0.2, 0.25) is 5.91 Å². The average molecular weight is 276 g/mol. The Morgan fingerprint density at radius 3 is 2.40 bits per heavy atom. The highest BCUT2D eigenvalue weighted by Gasteiger charge is 2.29. The summed E-state index contributed by atoms with van der Waals surface area (Å²) in [5, 5.41) is 13.1. The third-order valence-corrected chi connectivity index (χ3v) is 3.84. The average Bonchev–Trinajstić information content (AvgIpc) is 3.29. The van der Waals surface area contributed by atoms with Crippen LogP contribution in [-0.4, -0.2) is 35.5 Å². The molecule has 1 aliphatic rings. The van der Waals surface area contributed by atoms with Crippen molar-refractivity contribution in [1.29, 1.82) is 0 Å². The number of aliphatic hydroxyl groups excluding tert-OH is 1. The third-order valence-electron chi connectivity index (χ3n) is 3.84. The first kappa shape index (κ1) is 15.0. The van der Waals surface area contributed by atoms with Crippen molar-refractivity contribution < 1.29 is 9.90 Å². The summed E-state index contributed by atoms with van der Waals surface area (Å²) >= 11 is 0. The smallest absolute Gasteiger partial charge is 0.227 e. The fourth-order valence-corrected chi connectivity index (χ4v) is 2.21. The number of likely N-dealkylation sites (N-methyl/N-ethyl adjacent to an activating group) is 1. The number of nitrogens with zero attached hydrogens (tertiary/aromatic N) is 1. The molecule has 4 heteroatoms. The Bertz CT molecular complexity index is 436. The highest BCUT2D eigenvalue weighted by atomic mass is 16.3. The zero-order valence-corrected chi connectivity index (χ0v) is 12.3. The molecule has 0 saturated heterocycles. The van der Waals surface area contributed by atoms with Crippen LogP contribution >= 0.6 is 0 Å².